The topological polar surface area (TPSA) is 115 Å². The number of carbonyl (C=O) groups is 1. The van der Waals surface area contributed by atoms with E-state index in [4.69, 9.17) is 19.4 Å². The van der Waals surface area contributed by atoms with Gasteiger partial charge in [0, 0.05) is 56.0 Å². The van der Waals surface area contributed by atoms with Crippen molar-refractivity contribution >= 4 is 34.7 Å². The molecule has 0 aromatic carbocycles. The molecule has 1 saturated heterocycles. The molecule has 0 spiro atoms. The Kier molecular flexibility index (Phi) is 8.20. The first kappa shape index (κ1) is 27.8. The second-order valence-corrected chi connectivity index (χ2v) is 11.4. The zero-order chi connectivity index (χ0) is 28.3. The third kappa shape index (κ3) is 6.35. The third-order valence-corrected chi connectivity index (χ3v) is 7.23. The molecule has 0 radical (unpaired) electrons. The molecule has 11 nitrogen and oxygen atoms in total. The SMILES string of the molecule is CCOCc1cc2cnc(Nc3cccc(N4CCN(C(=O)OC(C)(C)C)CC4)n3)nc2n(C2CCCC2)c1=O. The highest BCUT2D eigenvalue weighted by Gasteiger charge is 2.27. The molecule has 1 N–H and O–H groups in total. The van der Waals surface area contributed by atoms with Gasteiger partial charge in [0.25, 0.3) is 5.56 Å². The number of nitrogens with zero attached hydrogens (tertiary/aromatic N) is 6. The minimum atomic E-state index is -0.516. The average molecular weight is 550 g/mol. The summed E-state index contributed by atoms with van der Waals surface area (Å²) in [5.41, 5.74) is 0.705. The summed E-state index contributed by atoms with van der Waals surface area (Å²) < 4.78 is 12.9. The summed E-state index contributed by atoms with van der Waals surface area (Å²) in [6.45, 7) is 10.8. The number of ether oxygens (including phenoxy) is 2. The van der Waals surface area contributed by atoms with Crippen LogP contribution in [-0.2, 0) is 16.1 Å². The van der Waals surface area contributed by atoms with Gasteiger partial charge < -0.3 is 24.6 Å². The fourth-order valence-electron chi connectivity index (χ4n) is 5.28. The minimum absolute atomic E-state index is 0.0388. The molecule has 0 unspecified atom stereocenters. The van der Waals surface area contributed by atoms with Crippen LogP contribution in [0.15, 0.2) is 35.3 Å². The van der Waals surface area contributed by atoms with Crippen molar-refractivity contribution in [1.29, 1.82) is 0 Å². The molecule has 3 aromatic heterocycles. The first-order chi connectivity index (χ1) is 19.2. The molecule has 0 bridgehead atoms. The van der Waals surface area contributed by atoms with E-state index in [1.165, 1.54) is 0 Å². The molecule has 2 aliphatic rings. The van der Waals surface area contributed by atoms with Gasteiger partial charge in [-0.05, 0) is 58.7 Å². The zero-order valence-corrected chi connectivity index (χ0v) is 23.9. The maximum atomic E-state index is 13.5. The molecule has 4 heterocycles. The molecular formula is C29H39N7O4. The van der Waals surface area contributed by atoms with Crippen molar-refractivity contribution in [2.45, 2.75) is 71.6 Å². The number of aromatic nitrogens is 4. The molecule has 1 aliphatic heterocycles. The zero-order valence-electron chi connectivity index (χ0n) is 23.9. The molecule has 5 rings (SSSR count). The molecule has 0 atom stereocenters. The van der Waals surface area contributed by atoms with Gasteiger partial charge in [-0.1, -0.05) is 18.9 Å². The molecule has 11 heteroatoms. The van der Waals surface area contributed by atoms with Gasteiger partial charge in [-0.2, -0.15) is 4.98 Å². The number of hydrogen-bond donors (Lipinski definition) is 1. The van der Waals surface area contributed by atoms with E-state index in [0.717, 1.165) is 36.9 Å². The standard InChI is InChI=1S/C29H39N7O4/c1-5-39-19-21-17-20-18-30-27(33-25(20)36(26(21)37)22-9-6-7-10-22)32-23-11-8-12-24(31-23)34-13-15-35(16-14-34)28(38)40-29(2,3)4/h8,11-12,17-18,22H,5-7,9-10,13-16,19H2,1-4H3,(H,30,31,32,33). The lowest BCUT2D eigenvalue weighted by Crippen LogP contribution is -2.50. The number of nitrogens with one attached hydrogen (secondary N) is 1. The van der Waals surface area contributed by atoms with Crippen LogP contribution in [-0.4, -0.2) is 68.9 Å². The van der Waals surface area contributed by atoms with Crippen LogP contribution in [0.2, 0.25) is 0 Å². The van der Waals surface area contributed by atoms with E-state index in [-0.39, 0.29) is 24.3 Å². The van der Waals surface area contributed by atoms with E-state index in [9.17, 15) is 9.59 Å². The van der Waals surface area contributed by atoms with Gasteiger partial charge in [-0.15, -0.1) is 0 Å². The van der Waals surface area contributed by atoms with Crippen molar-refractivity contribution < 1.29 is 14.3 Å². The first-order valence-corrected chi connectivity index (χ1v) is 14.2. The highest BCUT2D eigenvalue weighted by molar-refractivity contribution is 5.76. The van der Waals surface area contributed by atoms with Crippen LogP contribution in [0.5, 0.6) is 0 Å². The number of rotatable bonds is 7. The molecular weight excluding hydrogens is 510 g/mol. The molecule has 2 fully saturated rings. The number of hydrogen-bond acceptors (Lipinski definition) is 9. The van der Waals surface area contributed by atoms with Gasteiger partial charge in [-0.25, -0.2) is 14.8 Å². The van der Waals surface area contributed by atoms with Crippen LogP contribution in [0.1, 0.15) is 65.0 Å². The van der Waals surface area contributed by atoms with Crippen molar-refractivity contribution in [3.8, 4) is 0 Å². The van der Waals surface area contributed by atoms with Crippen molar-refractivity contribution in [1.82, 2.24) is 24.4 Å². The third-order valence-electron chi connectivity index (χ3n) is 7.23. The lowest BCUT2D eigenvalue weighted by Gasteiger charge is -2.36. The molecule has 1 saturated carbocycles. The lowest BCUT2D eigenvalue weighted by molar-refractivity contribution is 0.0240. The maximum Gasteiger partial charge on any atom is 0.410 e. The van der Waals surface area contributed by atoms with Crippen LogP contribution in [0, 0.1) is 0 Å². The predicted molar refractivity (Wildman–Crippen MR) is 154 cm³/mol. The quantitative estimate of drug-likeness (QED) is 0.450. The van der Waals surface area contributed by atoms with Gasteiger partial charge in [0.1, 0.15) is 22.9 Å². The number of carbonyl (C=O) groups excluding carboxylic acids is 1. The van der Waals surface area contributed by atoms with Crippen LogP contribution >= 0.6 is 0 Å². The van der Waals surface area contributed by atoms with Crippen LogP contribution in [0.25, 0.3) is 11.0 Å². The predicted octanol–water partition coefficient (Wildman–Crippen LogP) is 4.64. The maximum absolute atomic E-state index is 13.5. The largest absolute Gasteiger partial charge is 0.444 e. The average Bonchev–Trinajstić information content (AvgIpc) is 3.46. The highest BCUT2D eigenvalue weighted by Crippen LogP contribution is 2.31. The fourth-order valence-corrected chi connectivity index (χ4v) is 5.28. The molecule has 3 aromatic rings. The Balaban J connectivity index is 1.34. The number of piperazine rings is 1. The van der Waals surface area contributed by atoms with Crippen molar-refractivity contribution in [3.63, 3.8) is 0 Å². The normalized spacial score (nSPS) is 16.5. The van der Waals surface area contributed by atoms with Crippen LogP contribution in [0.4, 0.5) is 22.4 Å². The summed E-state index contributed by atoms with van der Waals surface area (Å²) in [5, 5.41) is 4.05. The number of fused-ring (bicyclic) bond motifs is 1. The summed E-state index contributed by atoms with van der Waals surface area (Å²) in [5.74, 6) is 1.79. The number of amides is 1. The fraction of sp³-hybridized carbons (Fsp3) is 0.552. The van der Waals surface area contributed by atoms with E-state index in [1.807, 2.05) is 56.5 Å². The highest BCUT2D eigenvalue weighted by atomic mass is 16.6. The second-order valence-electron chi connectivity index (χ2n) is 11.4. The number of pyridine rings is 2. The monoisotopic (exact) mass is 549 g/mol. The van der Waals surface area contributed by atoms with Gasteiger partial charge >= 0.3 is 6.09 Å². The van der Waals surface area contributed by atoms with Crippen molar-refractivity contribution in [2.24, 2.45) is 0 Å². The summed E-state index contributed by atoms with van der Waals surface area (Å²) in [6, 6.07) is 7.72. The molecule has 1 aliphatic carbocycles. The molecule has 40 heavy (non-hydrogen) atoms. The Hall–Kier alpha value is -3.73. The smallest absolute Gasteiger partial charge is 0.410 e. The van der Waals surface area contributed by atoms with Crippen LogP contribution < -0.4 is 15.8 Å². The summed E-state index contributed by atoms with van der Waals surface area (Å²) in [4.78, 5) is 43.8. The van der Waals surface area contributed by atoms with Crippen molar-refractivity contribution in [3.05, 3.63) is 46.4 Å². The Bertz CT molecular complexity index is 1400. The second kappa shape index (κ2) is 11.8. The van der Waals surface area contributed by atoms with Gasteiger partial charge in [-0.3, -0.25) is 9.36 Å². The number of anilines is 3. The van der Waals surface area contributed by atoms with E-state index in [2.05, 4.69) is 15.2 Å². The van der Waals surface area contributed by atoms with E-state index in [1.54, 1.807) is 11.1 Å². The van der Waals surface area contributed by atoms with Crippen molar-refractivity contribution in [2.75, 3.05) is 43.0 Å². The lowest BCUT2D eigenvalue weighted by atomic mass is 10.1. The Labute approximate surface area is 234 Å². The van der Waals surface area contributed by atoms with Gasteiger partial charge in [0.2, 0.25) is 5.95 Å². The van der Waals surface area contributed by atoms with Gasteiger partial charge in [0.15, 0.2) is 0 Å². The molecule has 214 valence electrons. The minimum Gasteiger partial charge on any atom is -0.444 e. The summed E-state index contributed by atoms with van der Waals surface area (Å²) in [7, 11) is 0. The van der Waals surface area contributed by atoms with E-state index < -0.39 is 5.60 Å². The first-order valence-electron chi connectivity index (χ1n) is 14.2. The summed E-state index contributed by atoms with van der Waals surface area (Å²) in [6.07, 6.45) is 5.60. The Morgan fingerprint density at radius 1 is 1.10 bits per heavy atom. The van der Waals surface area contributed by atoms with E-state index in [0.29, 0.717) is 55.8 Å². The van der Waals surface area contributed by atoms with Gasteiger partial charge in [0.05, 0.1) is 6.61 Å². The molecule has 1 amide bonds. The Morgan fingerprint density at radius 3 is 2.55 bits per heavy atom. The van der Waals surface area contributed by atoms with Crippen LogP contribution in [0.3, 0.4) is 0 Å². The Morgan fingerprint density at radius 2 is 1.85 bits per heavy atom. The van der Waals surface area contributed by atoms with E-state index >= 15 is 0 Å². The summed E-state index contributed by atoms with van der Waals surface area (Å²) >= 11 is 0.